The first-order chi connectivity index (χ1) is 8.08. The number of imidazole rings is 1. The highest BCUT2D eigenvalue weighted by atomic mass is 79.9. The molecule has 3 heteroatoms. The van der Waals surface area contributed by atoms with E-state index >= 15 is 0 Å². The lowest BCUT2D eigenvalue weighted by Gasteiger charge is -2.08. The van der Waals surface area contributed by atoms with Crippen LogP contribution in [-0.4, -0.2) is 9.55 Å². The first kappa shape index (κ1) is 12.4. The van der Waals surface area contributed by atoms with E-state index in [1.54, 1.807) is 0 Å². The fourth-order valence-electron chi connectivity index (χ4n) is 2.03. The van der Waals surface area contributed by atoms with Crippen LogP contribution in [0.25, 0.3) is 0 Å². The van der Waals surface area contributed by atoms with Crippen LogP contribution in [0.5, 0.6) is 0 Å². The Balaban J connectivity index is 2.15. The number of rotatable bonds is 3. The first-order valence-corrected chi connectivity index (χ1v) is 6.59. The summed E-state index contributed by atoms with van der Waals surface area (Å²) in [6.45, 7) is 4.32. The number of hydrogen-bond donors (Lipinski definition) is 0. The van der Waals surface area contributed by atoms with Gasteiger partial charge in [-0.15, -0.1) is 0 Å². The third-order valence-electron chi connectivity index (χ3n) is 3.14. The van der Waals surface area contributed by atoms with Crippen molar-refractivity contribution >= 4 is 15.9 Å². The molecule has 90 valence electrons. The molecule has 0 saturated carbocycles. The Labute approximate surface area is 111 Å². The molecule has 0 aliphatic rings. The lowest BCUT2D eigenvalue weighted by Crippen LogP contribution is -2.00. The van der Waals surface area contributed by atoms with Gasteiger partial charge < -0.3 is 4.57 Å². The molecule has 0 fully saturated rings. The second-order valence-corrected chi connectivity index (χ2v) is 5.27. The number of aryl methyl sites for hydroxylation is 4. The normalized spacial score (nSPS) is 10.8. The van der Waals surface area contributed by atoms with E-state index in [1.165, 1.54) is 22.4 Å². The summed E-state index contributed by atoms with van der Waals surface area (Å²) < 4.78 is 3.04. The molecule has 1 heterocycles. The van der Waals surface area contributed by atoms with Gasteiger partial charge in [0.25, 0.3) is 0 Å². The fraction of sp³-hybridized carbons (Fsp3) is 0.357. The number of halogens is 1. The van der Waals surface area contributed by atoms with Gasteiger partial charge in [0.1, 0.15) is 4.60 Å². The van der Waals surface area contributed by atoms with Crippen molar-refractivity contribution in [3.8, 4) is 0 Å². The van der Waals surface area contributed by atoms with Gasteiger partial charge in [-0.05, 0) is 53.7 Å². The molecule has 0 aliphatic carbocycles. The molecule has 0 atom stereocenters. The smallest absolute Gasteiger partial charge is 0.127 e. The number of hydrogen-bond acceptors (Lipinski definition) is 1. The molecule has 1 aromatic heterocycles. The van der Waals surface area contributed by atoms with Crippen LogP contribution in [0.3, 0.4) is 0 Å². The predicted molar refractivity (Wildman–Crippen MR) is 74.2 cm³/mol. The van der Waals surface area contributed by atoms with Gasteiger partial charge in [-0.1, -0.05) is 23.8 Å². The summed E-state index contributed by atoms with van der Waals surface area (Å²) in [5.74, 6) is 0. The zero-order chi connectivity index (χ0) is 12.4. The molecule has 0 N–H and O–H groups in total. The molecule has 17 heavy (non-hydrogen) atoms. The average molecular weight is 293 g/mol. The summed E-state index contributed by atoms with van der Waals surface area (Å²) >= 11 is 3.49. The molecule has 0 radical (unpaired) electrons. The largest absolute Gasteiger partial charge is 0.337 e. The molecule has 0 saturated heterocycles. The zero-order valence-corrected chi connectivity index (χ0v) is 12.1. The van der Waals surface area contributed by atoms with Gasteiger partial charge in [0.15, 0.2) is 0 Å². The molecular formula is C14H17BrN2. The highest BCUT2D eigenvalue weighted by Gasteiger charge is 2.07. The van der Waals surface area contributed by atoms with Crippen molar-refractivity contribution in [2.45, 2.75) is 26.7 Å². The van der Waals surface area contributed by atoms with Gasteiger partial charge in [-0.2, -0.15) is 0 Å². The summed E-state index contributed by atoms with van der Waals surface area (Å²) in [6, 6.07) is 6.64. The van der Waals surface area contributed by atoms with Gasteiger partial charge in [0.2, 0.25) is 0 Å². The minimum Gasteiger partial charge on any atom is -0.337 e. The second kappa shape index (κ2) is 5.05. The Kier molecular flexibility index (Phi) is 3.67. The third kappa shape index (κ3) is 2.78. The summed E-state index contributed by atoms with van der Waals surface area (Å²) in [5.41, 5.74) is 5.38. The van der Waals surface area contributed by atoms with E-state index in [2.05, 4.69) is 57.5 Å². The van der Waals surface area contributed by atoms with E-state index in [1.807, 2.05) is 13.4 Å². The van der Waals surface area contributed by atoms with Gasteiger partial charge in [0, 0.05) is 7.05 Å². The van der Waals surface area contributed by atoms with Crippen molar-refractivity contribution in [2.24, 2.45) is 7.05 Å². The summed E-state index contributed by atoms with van der Waals surface area (Å²) in [6.07, 6.45) is 3.93. The average Bonchev–Trinajstić information content (AvgIpc) is 2.61. The minimum absolute atomic E-state index is 0.963. The number of benzene rings is 1. The van der Waals surface area contributed by atoms with Crippen molar-refractivity contribution in [3.05, 3.63) is 51.5 Å². The van der Waals surface area contributed by atoms with Crippen LogP contribution in [0.1, 0.15) is 22.4 Å². The second-order valence-electron chi connectivity index (χ2n) is 4.52. The molecule has 1 aromatic carbocycles. The van der Waals surface area contributed by atoms with E-state index in [9.17, 15) is 0 Å². The highest BCUT2D eigenvalue weighted by Crippen LogP contribution is 2.18. The molecule has 2 nitrogen and oxygen atoms in total. The topological polar surface area (TPSA) is 17.8 Å². The molecule has 0 aliphatic heterocycles. The van der Waals surface area contributed by atoms with Crippen molar-refractivity contribution in [3.63, 3.8) is 0 Å². The van der Waals surface area contributed by atoms with Gasteiger partial charge in [0.05, 0.1) is 12.0 Å². The van der Waals surface area contributed by atoms with Crippen molar-refractivity contribution < 1.29 is 0 Å². The van der Waals surface area contributed by atoms with E-state index in [-0.39, 0.29) is 0 Å². The molecule has 0 spiro atoms. The van der Waals surface area contributed by atoms with E-state index in [4.69, 9.17) is 0 Å². The van der Waals surface area contributed by atoms with Crippen LogP contribution >= 0.6 is 15.9 Å². The predicted octanol–water partition coefficient (Wildman–Crippen LogP) is 3.58. The lowest BCUT2D eigenvalue weighted by molar-refractivity contribution is 0.793. The Morgan fingerprint density at radius 2 is 2.00 bits per heavy atom. The molecule has 0 amide bonds. The maximum Gasteiger partial charge on any atom is 0.127 e. The fourth-order valence-corrected chi connectivity index (χ4v) is 2.60. The maximum atomic E-state index is 4.25. The quantitative estimate of drug-likeness (QED) is 0.845. The van der Waals surface area contributed by atoms with Gasteiger partial charge >= 0.3 is 0 Å². The van der Waals surface area contributed by atoms with Crippen LogP contribution < -0.4 is 0 Å². The van der Waals surface area contributed by atoms with Crippen LogP contribution in [0.15, 0.2) is 29.1 Å². The molecule has 0 bridgehead atoms. The molecule has 2 rings (SSSR count). The standard InChI is InChI=1S/C14H17BrN2/c1-10-4-5-11(2)12(8-10)6-7-13-14(15)16-9-17(13)3/h4-5,8-9H,6-7H2,1-3H3. The van der Waals surface area contributed by atoms with Crippen molar-refractivity contribution in [2.75, 3.05) is 0 Å². The summed E-state index contributed by atoms with van der Waals surface area (Å²) in [5, 5.41) is 0. The maximum absolute atomic E-state index is 4.25. The van der Waals surface area contributed by atoms with Crippen LogP contribution in [0, 0.1) is 13.8 Å². The Hall–Kier alpha value is -1.09. The van der Waals surface area contributed by atoms with Crippen LogP contribution in [0.2, 0.25) is 0 Å². The van der Waals surface area contributed by atoms with E-state index in [0.29, 0.717) is 0 Å². The number of aromatic nitrogens is 2. The molecule has 2 aromatic rings. The first-order valence-electron chi connectivity index (χ1n) is 5.79. The minimum atomic E-state index is 0.963. The summed E-state index contributed by atoms with van der Waals surface area (Å²) in [4.78, 5) is 4.25. The third-order valence-corrected chi connectivity index (χ3v) is 3.81. The van der Waals surface area contributed by atoms with E-state index in [0.717, 1.165) is 17.4 Å². The highest BCUT2D eigenvalue weighted by molar-refractivity contribution is 9.10. The zero-order valence-electron chi connectivity index (χ0n) is 10.5. The number of nitrogens with zero attached hydrogens (tertiary/aromatic N) is 2. The van der Waals surface area contributed by atoms with Gasteiger partial charge in [-0.25, -0.2) is 4.98 Å². The Morgan fingerprint density at radius 3 is 2.65 bits per heavy atom. The summed E-state index contributed by atoms with van der Waals surface area (Å²) in [7, 11) is 2.04. The molecule has 0 unspecified atom stereocenters. The molecular weight excluding hydrogens is 276 g/mol. The Bertz CT molecular complexity index is 510. The van der Waals surface area contributed by atoms with E-state index < -0.39 is 0 Å². The lowest BCUT2D eigenvalue weighted by atomic mass is 10.0. The monoisotopic (exact) mass is 292 g/mol. The van der Waals surface area contributed by atoms with Gasteiger partial charge in [-0.3, -0.25) is 0 Å². The van der Waals surface area contributed by atoms with Crippen LogP contribution in [-0.2, 0) is 19.9 Å². The van der Waals surface area contributed by atoms with Crippen molar-refractivity contribution in [1.82, 2.24) is 9.55 Å². The van der Waals surface area contributed by atoms with Crippen LogP contribution in [0.4, 0.5) is 0 Å². The Morgan fingerprint density at radius 1 is 1.24 bits per heavy atom. The van der Waals surface area contributed by atoms with Crippen molar-refractivity contribution in [1.29, 1.82) is 0 Å². The SMILES string of the molecule is Cc1ccc(C)c(CCc2c(Br)ncn2C)c1.